The van der Waals surface area contributed by atoms with Crippen molar-refractivity contribution in [2.24, 2.45) is 0 Å². The molecule has 116 valence electrons. The summed E-state index contributed by atoms with van der Waals surface area (Å²) in [4.78, 5) is 0. The van der Waals surface area contributed by atoms with E-state index < -0.39 is 0 Å². The van der Waals surface area contributed by atoms with Gasteiger partial charge in [0.15, 0.2) is 0 Å². The van der Waals surface area contributed by atoms with Crippen molar-refractivity contribution in [2.45, 2.75) is 6.61 Å². The summed E-state index contributed by atoms with van der Waals surface area (Å²) in [5.74, 6) is 0.776. The summed E-state index contributed by atoms with van der Waals surface area (Å²) in [7, 11) is 1.63. The summed E-state index contributed by atoms with van der Waals surface area (Å²) in [5, 5.41) is 17.7. The minimum absolute atomic E-state index is 0.162. The minimum Gasteiger partial charge on any atom is -0.497 e. The van der Waals surface area contributed by atoms with Gasteiger partial charge in [-0.1, -0.05) is 41.6 Å². The fourth-order valence-electron chi connectivity index (χ4n) is 2.25. The largest absolute Gasteiger partial charge is 0.497 e. The van der Waals surface area contributed by atoms with Gasteiger partial charge in [-0.15, -0.1) is 5.10 Å². The van der Waals surface area contributed by atoms with Crippen LogP contribution in [-0.2, 0) is 6.61 Å². The molecule has 0 radical (unpaired) electrons. The van der Waals surface area contributed by atoms with Crippen LogP contribution >= 0.6 is 0 Å². The Morgan fingerprint density at radius 2 is 1.78 bits per heavy atom. The van der Waals surface area contributed by atoms with E-state index in [4.69, 9.17) is 4.74 Å². The molecule has 0 aliphatic rings. The topological polar surface area (TPSA) is 60.2 Å². The van der Waals surface area contributed by atoms with Gasteiger partial charge in [-0.25, -0.2) is 4.68 Å². The molecule has 1 N–H and O–H groups in total. The SMILES string of the molecule is COc1ccc(-n2nnc(CO)c2/C=C/c2ccccc2)cc1. The molecule has 0 fully saturated rings. The number of hydrogen-bond acceptors (Lipinski definition) is 4. The van der Waals surface area contributed by atoms with Gasteiger partial charge in [-0.2, -0.15) is 0 Å². The molecule has 5 heteroatoms. The molecule has 0 saturated heterocycles. The molecule has 0 spiro atoms. The third kappa shape index (κ3) is 3.30. The maximum absolute atomic E-state index is 9.49. The van der Waals surface area contributed by atoms with Crippen LogP contribution in [-0.4, -0.2) is 27.2 Å². The van der Waals surface area contributed by atoms with E-state index >= 15 is 0 Å². The lowest BCUT2D eigenvalue weighted by Gasteiger charge is -2.05. The Balaban J connectivity index is 1.98. The highest BCUT2D eigenvalue weighted by Crippen LogP contribution is 2.19. The van der Waals surface area contributed by atoms with Gasteiger partial charge in [0.1, 0.15) is 11.4 Å². The van der Waals surface area contributed by atoms with Crippen LogP contribution in [0.2, 0.25) is 0 Å². The Morgan fingerprint density at radius 3 is 2.43 bits per heavy atom. The van der Waals surface area contributed by atoms with E-state index in [9.17, 15) is 5.11 Å². The molecule has 0 amide bonds. The molecule has 3 aromatic rings. The van der Waals surface area contributed by atoms with Crippen molar-refractivity contribution < 1.29 is 9.84 Å². The summed E-state index contributed by atoms with van der Waals surface area (Å²) in [6.45, 7) is -0.162. The Hall–Kier alpha value is -2.92. The quantitative estimate of drug-likeness (QED) is 0.787. The summed E-state index contributed by atoms with van der Waals surface area (Å²) in [6, 6.07) is 17.5. The Kier molecular flexibility index (Phi) is 4.49. The number of nitrogens with zero attached hydrogens (tertiary/aromatic N) is 3. The van der Waals surface area contributed by atoms with Gasteiger partial charge in [-0.3, -0.25) is 0 Å². The summed E-state index contributed by atoms with van der Waals surface area (Å²) in [6.07, 6.45) is 3.88. The van der Waals surface area contributed by atoms with Gasteiger partial charge in [0, 0.05) is 0 Å². The maximum Gasteiger partial charge on any atom is 0.119 e. The zero-order chi connectivity index (χ0) is 16.1. The van der Waals surface area contributed by atoms with Gasteiger partial charge in [-0.05, 0) is 35.9 Å². The Labute approximate surface area is 134 Å². The number of rotatable bonds is 5. The number of aliphatic hydroxyl groups excluding tert-OH is 1. The Bertz CT molecular complexity index is 793. The Morgan fingerprint density at radius 1 is 1.04 bits per heavy atom. The number of aliphatic hydroxyl groups is 1. The standard InChI is InChI=1S/C18H17N3O2/c1-23-16-10-8-15(9-11-16)21-18(17(13-22)19-20-21)12-7-14-5-3-2-4-6-14/h2-12,22H,13H2,1H3/b12-7+. The molecule has 2 aromatic carbocycles. The van der Waals surface area contributed by atoms with Crippen molar-refractivity contribution in [3.8, 4) is 11.4 Å². The monoisotopic (exact) mass is 307 g/mol. The van der Waals surface area contributed by atoms with Gasteiger partial charge < -0.3 is 9.84 Å². The smallest absolute Gasteiger partial charge is 0.119 e. The third-order valence-electron chi connectivity index (χ3n) is 3.48. The summed E-state index contributed by atoms with van der Waals surface area (Å²) >= 11 is 0. The highest BCUT2D eigenvalue weighted by molar-refractivity contribution is 5.69. The van der Waals surface area contributed by atoms with Gasteiger partial charge >= 0.3 is 0 Å². The van der Waals surface area contributed by atoms with Crippen LogP contribution in [0.25, 0.3) is 17.8 Å². The number of benzene rings is 2. The predicted octanol–water partition coefficient (Wildman–Crippen LogP) is 2.94. The van der Waals surface area contributed by atoms with Crippen molar-refractivity contribution in [3.63, 3.8) is 0 Å². The second-order valence-electron chi connectivity index (χ2n) is 4.93. The van der Waals surface area contributed by atoms with Crippen molar-refractivity contribution in [1.29, 1.82) is 0 Å². The molecule has 0 aliphatic heterocycles. The van der Waals surface area contributed by atoms with Crippen molar-refractivity contribution in [1.82, 2.24) is 15.0 Å². The lowest BCUT2D eigenvalue weighted by molar-refractivity contribution is 0.276. The lowest BCUT2D eigenvalue weighted by Crippen LogP contribution is -2.00. The van der Waals surface area contributed by atoms with Crippen LogP contribution in [0.1, 0.15) is 17.0 Å². The average Bonchev–Trinajstić information content (AvgIpc) is 3.04. The third-order valence-corrected chi connectivity index (χ3v) is 3.48. The van der Waals surface area contributed by atoms with E-state index in [2.05, 4.69) is 10.3 Å². The summed E-state index contributed by atoms with van der Waals surface area (Å²) < 4.78 is 6.87. The number of ether oxygens (including phenoxy) is 1. The summed E-state index contributed by atoms with van der Waals surface area (Å²) in [5.41, 5.74) is 3.21. The number of methoxy groups -OCH3 is 1. The van der Waals surface area contributed by atoms with Crippen molar-refractivity contribution in [2.75, 3.05) is 7.11 Å². The zero-order valence-corrected chi connectivity index (χ0v) is 12.8. The number of aromatic nitrogens is 3. The highest BCUT2D eigenvalue weighted by atomic mass is 16.5. The van der Waals surface area contributed by atoms with E-state index in [-0.39, 0.29) is 6.61 Å². The normalized spacial score (nSPS) is 11.0. The molecule has 0 unspecified atom stereocenters. The van der Waals surface area contributed by atoms with Crippen LogP contribution < -0.4 is 4.74 Å². The first-order valence-corrected chi connectivity index (χ1v) is 7.25. The van der Waals surface area contributed by atoms with Crippen LogP contribution in [0.5, 0.6) is 5.75 Å². The van der Waals surface area contributed by atoms with Crippen LogP contribution in [0.4, 0.5) is 0 Å². The molecule has 1 aromatic heterocycles. The molecule has 5 nitrogen and oxygen atoms in total. The zero-order valence-electron chi connectivity index (χ0n) is 12.8. The van der Waals surface area contributed by atoms with Crippen LogP contribution in [0, 0.1) is 0 Å². The lowest BCUT2D eigenvalue weighted by atomic mass is 10.2. The van der Waals surface area contributed by atoms with E-state index in [0.717, 1.165) is 22.7 Å². The van der Waals surface area contributed by atoms with Crippen LogP contribution in [0.3, 0.4) is 0 Å². The van der Waals surface area contributed by atoms with E-state index in [0.29, 0.717) is 5.69 Å². The van der Waals surface area contributed by atoms with Crippen LogP contribution in [0.15, 0.2) is 54.6 Å². The molecule has 3 rings (SSSR count). The van der Waals surface area contributed by atoms with E-state index in [1.165, 1.54) is 0 Å². The fraction of sp³-hybridized carbons (Fsp3) is 0.111. The number of hydrogen-bond donors (Lipinski definition) is 1. The van der Waals surface area contributed by atoms with Gasteiger partial charge in [0.2, 0.25) is 0 Å². The second-order valence-corrected chi connectivity index (χ2v) is 4.93. The molecule has 0 bridgehead atoms. The van der Waals surface area contributed by atoms with E-state index in [1.54, 1.807) is 11.8 Å². The maximum atomic E-state index is 9.49. The molecule has 1 heterocycles. The molecule has 23 heavy (non-hydrogen) atoms. The fourth-order valence-corrected chi connectivity index (χ4v) is 2.25. The van der Waals surface area contributed by atoms with Crippen molar-refractivity contribution >= 4 is 12.2 Å². The first-order valence-electron chi connectivity index (χ1n) is 7.25. The average molecular weight is 307 g/mol. The molecule has 0 saturated carbocycles. The molecular weight excluding hydrogens is 290 g/mol. The van der Waals surface area contributed by atoms with Gasteiger partial charge in [0.25, 0.3) is 0 Å². The molecular formula is C18H17N3O2. The first kappa shape index (κ1) is 15.0. The molecule has 0 atom stereocenters. The first-order chi connectivity index (χ1) is 11.3. The predicted molar refractivity (Wildman–Crippen MR) is 89.2 cm³/mol. The van der Waals surface area contributed by atoms with Gasteiger partial charge in [0.05, 0.1) is 25.1 Å². The van der Waals surface area contributed by atoms with Crippen molar-refractivity contribution in [3.05, 3.63) is 71.5 Å². The molecule has 0 aliphatic carbocycles. The highest BCUT2D eigenvalue weighted by Gasteiger charge is 2.11. The minimum atomic E-state index is -0.162. The van der Waals surface area contributed by atoms with E-state index in [1.807, 2.05) is 66.7 Å². The second kappa shape index (κ2) is 6.89.